The van der Waals surface area contributed by atoms with Crippen molar-refractivity contribution in [3.63, 3.8) is 0 Å². The van der Waals surface area contributed by atoms with Crippen LogP contribution in [0.1, 0.15) is 23.7 Å². The molecule has 1 N–H and O–H groups in total. The molecule has 1 amide bonds. The van der Waals surface area contributed by atoms with Crippen molar-refractivity contribution in [1.82, 2.24) is 9.80 Å². The van der Waals surface area contributed by atoms with Crippen molar-refractivity contribution in [3.8, 4) is 0 Å². The summed E-state index contributed by atoms with van der Waals surface area (Å²) in [5.74, 6) is -0.958. The monoisotopic (exact) mass is 276 g/mol. The number of amides is 1. The van der Waals surface area contributed by atoms with Crippen molar-refractivity contribution >= 4 is 11.9 Å². The lowest BCUT2D eigenvalue weighted by Crippen LogP contribution is -2.59. The number of nitrogens with zero attached hydrogens (tertiary/aromatic N) is 2. The number of hydrogen-bond acceptors (Lipinski definition) is 3. The molecule has 0 saturated carbocycles. The molecular formula is C15H20N2O3. The number of rotatable bonds is 3. The molecule has 2 atom stereocenters. The third kappa shape index (κ3) is 3.17. The van der Waals surface area contributed by atoms with Gasteiger partial charge in [0, 0.05) is 24.7 Å². The topological polar surface area (TPSA) is 60.9 Å². The summed E-state index contributed by atoms with van der Waals surface area (Å²) in [6.07, 6.45) is -0.0206. The molecule has 108 valence electrons. The number of benzene rings is 1. The lowest BCUT2D eigenvalue weighted by Gasteiger charge is -2.44. The van der Waals surface area contributed by atoms with E-state index in [-0.39, 0.29) is 24.4 Å². The van der Waals surface area contributed by atoms with E-state index in [0.29, 0.717) is 12.1 Å². The van der Waals surface area contributed by atoms with Crippen molar-refractivity contribution in [3.05, 3.63) is 35.9 Å². The highest BCUT2D eigenvalue weighted by Gasteiger charge is 2.35. The van der Waals surface area contributed by atoms with Crippen molar-refractivity contribution < 1.29 is 14.7 Å². The molecule has 0 bridgehead atoms. The zero-order valence-electron chi connectivity index (χ0n) is 11.8. The highest BCUT2D eigenvalue weighted by molar-refractivity contribution is 5.95. The summed E-state index contributed by atoms with van der Waals surface area (Å²) in [7, 11) is 1.95. The first-order chi connectivity index (χ1) is 9.49. The van der Waals surface area contributed by atoms with Gasteiger partial charge in [-0.2, -0.15) is 0 Å². The zero-order valence-corrected chi connectivity index (χ0v) is 11.8. The Kier molecular flexibility index (Phi) is 4.39. The number of carbonyl (C=O) groups excluding carboxylic acids is 1. The highest BCUT2D eigenvalue weighted by atomic mass is 16.4. The van der Waals surface area contributed by atoms with Gasteiger partial charge in [0.2, 0.25) is 0 Å². The van der Waals surface area contributed by atoms with E-state index >= 15 is 0 Å². The molecule has 0 aliphatic carbocycles. The Morgan fingerprint density at radius 2 is 1.90 bits per heavy atom. The fourth-order valence-electron chi connectivity index (χ4n) is 2.88. The maximum absolute atomic E-state index is 12.6. The summed E-state index contributed by atoms with van der Waals surface area (Å²) in [5, 5.41) is 9.05. The summed E-state index contributed by atoms with van der Waals surface area (Å²) in [6, 6.07) is 8.76. The molecule has 1 fully saturated rings. The van der Waals surface area contributed by atoms with Gasteiger partial charge in [-0.05, 0) is 26.1 Å². The first kappa shape index (κ1) is 14.5. The van der Waals surface area contributed by atoms with Crippen LogP contribution in [-0.4, -0.2) is 59.0 Å². The number of hydrogen-bond donors (Lipinski definition) is 1. The van der Waals surface area contributed by atoms with Gasteiger partial charge in [-0.15, -0.1) is 0 Å². The third-order valence-electron chi connectivity index (χ3n) is 3.63. The Hall–Kier alpha value is -1.88. The van der Waals surface area contributed by atoms with Crippen LogP contribution in [-0.2, 0) is 4.79 Å². The van der Waals surface area contributed by atoms with E-state index in [0.717, 1.165) is 6.54 Å². The van der Waals surface area contributed by atoms with Gasteiger partial charge in [-0.3, -0.25) is 9.59 Å². The first-order valence-corrected chi connectivity index (χ1v) is 6.77. The van der Waals surface area contributed by atoms with E-state index in [1.165, 1.54) is 0 Å². The number of aliphatic carboxylic acids is 1. The number of likely N-dealkylation sites (N-methyl/N-ethyl adjacent to an activating group) is 1. The average Bonchev–Trinajstić information content (AvgIpc) is 2.38. The van der Waals surface area contributed by atoms with E-state index in [1.807, 2.05) is 32.2 Å². The SMILES string of the molecule is C[C@H]1CN(C)C[C@@H](CC(=O)O)N1C(=O)c1ccccc1. The molecule has 0 radical (unpaired) electrons. The lowest BCUT2D eigenvalue weighted by molar-refractivity contribution is -0.138. The van der Waals surface area contributed by atoms with Crippen LogP contribution in [0, 0.1) is 0 Å². The van der Waals surface area contributed by atoms with E-state index in [2.05, 4.69) is 4.90 Å². The molecule has 0 spiro atoms. The van der Waals surface area contributed by atoms with Crippen LogP contribution in [0.15, 0.2) is 30.3 Å². The molecule has 1 aromatic carbocycles. The third-order valence-corrected chi connectivity index (χ3v) is 3.63. The lowest BCUT2D eigenvalue weighted by atomic mass is 10.0. The Balaban J connectivity index is 2.24. The second kappa shape index (κ2) is 6.05. The molecule has 1 aliphatic heterocycles. The maximum atomic E-state index is 12.6. The van der Waals surface area contributed by atoms with Gasteiger partial charge in [-0.1, -0.05) is 18.2 Å². The summed E-state index contributed by atoms with van der Waals surface area (Å²) < 4.78 is 0. The van der Waals surface area contributed by atoms with Gasteiger partial charge in [0.15, 0.2) is 0 Å². The Labute approximate surface area is 118 Å². The van der Waals surface area contributed by atoms with Gasteiger partial charge >= 0.3 is 5.97 Å². The van der Waals surface area contributed by atoms with Gasteiger partial charge in [0.05, 0.1) is 12.5 Å². The maximum Gasteiger partial charge on any atom is 0.305 e. The first-order valence-electron chi connectivity index (χ1n) is 6.77. The van der Waals surface area contributed by atoms with Gasteiger partial charge in [0.1, 0.15) is 0 Å². The fraction of sp³-hybridized carbons (Fsp3) is 0.467. The predicted octanol–water partition coefficient (Wildman–Crippen LogP) is 1.31. The number of carbonyl (C=O) groups is 2. The Bertz CT molecular complexity index is 489. The van der Waals surface area contributed by atoms with Crippen LogP contribution >= 0.6 is 0 Å². The normalized spacial score (nSPS) is 23.6. The van der Waals surface area contributed by atoms with E-state index in [1.54, 1.807) is 17.0 Å². The molecule has 5 heteroatoms. The highest BCUT2D eigenvalue weighted by Crippen LogP contribution is 2.20. The van der Waals surface area contributed by atoms with E-state index < -0.39 is 5.97 Å². The molecule has 1 saturated heterocycles. The van der Waals surface area contributed by atoms with Crippen LogP contribution in [0.2, 0.25) is 0 Å². The Morgan fingerprint density at radius 3 is 2.50 bits per heavy atom. The fourth-order valence-corrected chi connectivity index (χ4v) is 2.88. The van der Waals surface area contributed by atoms with Gasteiger partial charge in [0.25, 0.3) is 5.91 Å². The quantitative estimate of drug-likeness (QED) is 0.904. The molecular weight excluding hydrogens is 256 g/mol. The van der Waals surface area contributed by atoms with Crippen molar-refractivity contribution in [1.29, 1.82) is 0 Å². The number of piperazine rings is 1. The predicted molar refractivity (Wildman–Crippen MR) is 75.6 cm³/mol. The van der Waals surface area contributed by atoms with E-state index in [9.17, 15) is 9.59 Å². The van der Waals surface area contributed by atoms with Crippen LogP contribution in [0.4, 0.5) is 0 Å². The zero-order chi connectivity index (χ0) is 14.7. The number of carboxylic acids is 1. The van der Waals surface area contributed by atoms with Gasteiger partial charge in [-0.25, -0.2) is 0 Å². The minimum Gasteiger partial charge on any atom is -0.481 e. The molecule has 1 aromatic rings. The molecule has 1 heterocycles. The van der Waals surface area contributed by atoms with Crippen molar-refractivity contribution in [2.75, 3.05) is 20.1 Å². The van der Waals surface area contributed by atoms with Gasteiger partial charge < -0.3 is 14.9 Å². The second-order valence-corrected chi connectivity index (χ2v) is 5.40. The van der Waals surface area contributed by atoms with Crippen LogP contribution in [0.3, 0.4) is 0 Å². The second-order valence-electron chi connectivity index (χ2n) is 5.40. The molecule has 0 unspecified atom stereocenters. The summed E-state index contributed by atoms with van der Waals surface area (Å²) >= 11 is 0. The standard InChI is InChI=1S/C15H20N2O3/c1-11-9-16(2)10-13(8-14(18)19)17(11)15(20)12-6-4-3-5-7-12/h3-7,11,13H,8-10H2,1-2H3,(H,18,19)/t11-,13+/m0/s1. The van der Waals surface area contributed by atoms with Crippen LogP contribution in [0.5, 0.6) is 0 Å². The van der Waals surface area contributed by atoms with Crippen molar-refractivity contribution in [2.24, 2.45) is 0 Å². The molecule has 0 aromatic heterocycles. The minimum absolute atomic E-state index is 0.00538. The van der Waals surface area contributed by atoms with Crippen LogP contribution in [0.25, 0.3) is 0 Å². The summed E-state index contributed by atoms with van der Waals surface area (Å²) in [4.78, 5) is 27.5. The average molecular weight is 276 g/mol. The van der Waals surface area contributed by atoms with E-state index in [4.69, 9.17) is 5.11 Å². The summed E-state index contributed by atoms with van der Waals surface area (Å²) in [5.41, 5.74) is 0.610. The Morgan fingerprint density at radius 1 is 1.25 bits per heavy atom. The van der Waals surface area contributed by atoms with Crippen molar-refractivity contribution in [2.45, 2.75) is 25.4 Å². The molecule has 20 heavy (non-hydrogen) atoms. The number of carboxylic acid groups (broad SMARTS) is 1. The molecule has 2 rings (SSSR count). The molecule has 5 nitrogen and oxygen atoms in total. The minimum atomic E-state index is -0.872. The summed E-state index contributed by atoms with van der Waals surface area (Å²) in [6.45, 7) is 3.31. The molecule has 1 aliphatic rings. The smallest absolute Gasteiger partial charge is 0.305 e. The van der Waals surface area contributed by atoms with Crippen LogP contribution < -0.4 is 0 Å². The largest absolute Gasteiger partial charge is 0.481 e.